The van der Waals surface area contributed by atoms with Crippen molar-refractivity contribution in [2.75, 3.05) is 25.0 Å². The molecule has 6 nitrogen and oxygen atoms in total. The molecular formula is C23H35N3O3. The van der Waals surface area contributed by atoms with Crippen molar-refractivity contribution in [2.24, 2.45) is 11.8 Å². The van der Waals surface area contributed by atoms with E-state index in [9.17, 15) is 14.4 Å². The SMILES string of the molecule is Cc1ccc(NC(=O)CNC(=O)CN(CC(C)C)C(=O)CCC2CCCC2)cc1. The number of hydrogen-bond acceptors (Lipinski definition) is 3. The van der Waals surface area contributed by atoms with Crippen molar-refractivity contribution < 1.29 is 14.4 Å². The third kappa shape index (κ3) is 8.67. The van der Waals surface area contributed by atoms with Crippen molar-refractivity contribution in [2.45, 2.75) is 59.3 Å². The van der Waals surface area contributed by atoms with Gasteiger partial charge in [0.1, 0.15) is 0 Å². The van der Waals surface area contributed by atoms with Crippen LogP contribution in [-0.2, 0) is 14.4 Å². The van der Waals surface area contributed by atoms with Gasteiger partial charge in [-0.05, 0) is 37.3 Å². The maximum Gasteiger partial charge on any atom is 0.243 e. The normalized spacial score (nSPS) is 14.1. The monoisotopic (exact) mass is 401 g/mol. The van der Waals surface area contributed by atoms with E-state index in [0.29, 0.717) is 24.6 Å². The van der Waals surface area contributed by atoms with Gasteiger partial charge in [0.15, 0.2) is 0 Å². The Morgan fingerprint density at radius 2 is 1.72 bits per heavy atom. The van der Waals surface area contributed by atoms with Crippen molar-refractivity contribution in [1.29, 1.82) is 0 Å². The van der Waals surface area contributed by atoms with Crippen LogP contribution in [0, 0.1) is 18.8 Å². The Kier molecular flexibility index (Phi) is 9.16. The second-order valence-electron chi connectivity index (χ2n) is 8.55. The fraction of sp³-hybridized carbons (Fsp3) is 0.609. The predicted molar refractivity (Wildman–Crippen MR) is 115 cm³/mol. The Hall–Kier alpha value is -2.37. The maximum absolute atomic E-state index is 12.6. The lowest BCUT2D eigenvalue weighted by atomic mass is 10.0. The molecule has 3 amide bonds. The van der Waals surface area contributed by atoms with Gasteiger partial charge in [0.05, 0.1) is 13.1 Å². The van der Waals surface area contributed by atoms with Crippen molar-refractivity contribution in [3.63, 3.8) is 0 Å². The minimum Gasteiger partial charge on any atom is -0.345 e. The molecule has 0 aliphatic heterocycles. The smallest absolute Gasteiger partial charge is 0.243 e. The van der Waals surface area contributed by atoms with Gasteiger partial charge in [-0.1, -0.05) is 57.2 Å². The summed E-state index contributed by atoms with van der Waals surface area (Å²) in [4.78, 5) is 38.6. The highest BCUT2D eigenvalue weighted by Crippen LogP contribution is 2.28. The number of nitrogens with one attached hydrogen (secondary N) is 2. The minimum atomic E-state index is -0.307. The van der Waals surface area contributed by atoms with Gasteiger partial charge in [-0.15, -0.1) is 0 Å². The topological polar surface area (TPSA) is 78.5 Å². The molecule has 0 bridgehead atoms. The van der Waals surface area contributed by atoms with Gasteiger partial charge in [0.2, 0.25) is 17.7 Å². The lowest BCUT2D eigenvalue weighted by Gasteiger charge is -2.24. The van der Waals surface area contributed by atoms with Crippen LogP contribution in [0.3, 0.4) is 0 Å². The number of amides is 3. The number of benzene rings is 1. The van der Waals surface area contributed by atoms with E-state index < -0.39 is 0 Å². The molecule has 0 heterocycles. The van der Waals surface area contributed by atoms with Crippen LogP contribution >= 0.6 is 0 Å². The molecule has 160 valence electrons. The molecule has 0 saturated heterocycles. The highest BCUT2D eigenvalue weighted by molar-refractivity contribution is 5.95. The third-order valence-corrected chi connectivity index (χ3v) is 5.30. The van der Waals surface area contributed by atoms with Crippen molar-refractivity contribution >= 4 is 23.4 Å². The lowest BCUT2D eigenvalue weighted by molar-refractivity contribution is -0.137. The van der Waals surface area contributed by atoms with Gasteiger partial charge in [0.25, 0.3) is 0 Å². The number of aryl methyl sites for hydroxylation is 1. The molecule has 2 rings (SSSR count). The Balaban J connectivity index is 1.77. The summed E-state index contributed by atoms with van der Waals surface area (Å²) in [7, 11) is 0. The first-order valence-corrected chi connectivity index (χ1v) is 10.7. The van der Waals surface area contributed by atoms with E-state index in [1.165, 1.54) is 25.7 Å². The largest absolute Gasteiger partial charge is 0.345 e. The van der Waals surface area contributed by atoms with Gasteiger partial charge < -0.3 is 15.5 Å². The molecule has 0 spiro atoms. The quantitative estimate of drug-likeness (QED) is 0.630. The van der Waals surface area contributed by atoms with Crippen molar-refractivity contribution in [1.82, 2.24) is 10.2 Å². The molecule has 6 heteroatoms. The second-order valence-corrected chi connectivity index (χ2v) is 8.55. The Morgan fingerprint density at radius 1 is 1.07 bits per heavy atom. The summed E-state index contributed by atoms with van der Waals surface area (Å²) < 4.78 is 0. The molecular weight excluding hydrogens is 366 g/mol. The molecule has 1 aromatic rings. The molecule has 1 fully saturated rings. The summed E-state index contributed by atoms with van der Waals surface area (Å²) in [6.07, 6.45) is 6.37. The molecule has 0 radical (unpaired) electrons. The summed E-state index contributed by atoms with van der Waals surface area (Å²) in [6.45, 7) is 6.47. The first-order valence-electron chi connectivity index (χ1n) is 10.7. The molecule has 2 N–H and O–H groups in total. The van der Waals surface area contributed by atoms with Crippen LogP contribution in [0.4, 0.5) is 5.69 Å². The van der Waals surface area contributed by atoms with E-state index in [4.69, 9.17) is 0 Å². The van der Waals surface area contributed by atoms with Crippen LogP contribution in [0.25, 0.3) is 0 Å². The minimum absolute atomic E-state index is 0.000504. The maximum atomic E-state index is 12.6. The highest BCUT2D eigenvalue weighted by Gasteiger charge is 2.21. The van der Waals surface area contributed by atoms with E-state index in [0.717, 1.165) is 12.0 Å². The van der Waals surface area contributed by atoms with Crippen molar-refractivity contribution in [3.8, 4) is 0 Å². The van der Waals surface area contributed by atoms with Crippen LogP contribution in [-0.4, -0.2) is 42.3 Å². The van der Waals surface area contributed by atoms with Crippen LogP contribution in [0.2, 0.25) is 0 Å². The Morgan fingerprint density at radius 3 is 2.34 bits per heavy atom. The number of anilines is 1. The molecule has 29 heavy (non-hydrogen) atoms. The Labute approximate surface area is 174 Å². The molecule has 1 aromatic carbocycles. The fourth-order valence-electron chi connectivity index (χ4n) is 3.73. The van der Waals surface area contributed by atoms with E-state index >= 15 is 0 Å². The first-order chi connectivity index (χ1) is 13.8. The van der Waals surface area contributed by atoms with Gasteiger partial charge in [-0.25, -0.2) is 0 Å². The Bertz CT molecular complexity index is 679. The van der Waals surface area contributed by atoms with Gasteiger partial charge in [-0.2, -0.15) is 0 Å². The molecule has 1 saturated carbocycles. The second kappa shape index (κ2) is 11.6. The highest BCUT2D eigenvalue weighted by atomic mass is 16.2. The number of nitrogens with zero attached hydrogens (tertiary/aromatic N) is 1. The number of hydrogen-bond donors (Lipinski definition) is 2. The number of rotatable bonds is 10. The zero-order valence-electron chi connectivity index (χ0n) is 18.0. The van der Waals surface area contributed by atoms with E-state index in [-0.39, 0.29) is 36.7 Å². The average molecular weight is 402 g/mol. The number of carbonyl (C=O) groups is 3. The molecule has 0 atom stereocenters. The van der Waals surface area contributed by atoms with Crippen LogP contribution in [0.1, 0.15) is 57.9 Å². The summed E-state index contributed by atoms with van der Waals surface area (Å²) in [6, 6.07) is 7.47. The van der Waals surface area contributed by atoms with Gasteiger partial charge in [-0.3, -0.25) is 14.4 Å². The van der Waals surface area contributed by atoms with Gasteiger partial charge in [0, 0.05) is 18.7 Å². The predicted octanol–water partition coefficient (Wildman–Crippen LogP) is 3.50. The average Bonchev–Trinajstić information content (AvgIpc) is 3.19. The summed E-state index contributed by atoms with van der Waals surface area (Å²) >= 11 is 0. The van der Waals surface area contributed by atoms with Crippen molar-refractivity contribution in [3.05, 3.63) is 29.8 Å². The number of carbonyl (C=O) groups excluding carboxylic acids is 3. The van der Waals surface area contributed by atoms with Gasteiger partial charge >= 0.3 is 0 Å². The summed E-state index contributed by atoms with van der Waals surface area (Å²) in [5.41, 5.74) is 1.80. The first kappa shape index (κ1) is 22.9. The standard InChI is InChI=1S/C23H35N3O3/c1-17(2)15-26(23(29)13-10-19-6-4-5-7-19)16-22(28)24-14-21(27)25-20-11-8-18(3)9-12-20/h8-9,11-12,17,19H,4-7,10,13-16H2,1-3H3,(H,24,28)(H,25,27). The molecule has 0 aromatic heterocycles. The molecule has 0 unspecified atom stereocenters. The summed E-state index contributed by atoms with van der Waals surface area (Å²) in [5, 5.41) is 5.38. The molecule has 1 aliphatic carbocycles. The zero-order valence-corrected chi connectivity index (χ0v) is 18.0. The molecule has 1 aliphatic rings. The van der Waals surface area contributed by atoms with E-state index in [2.05, 4.69) is 10.6 Å². The zero-order chi connectivity index (χ0) is 21.2. The van der Waals surface area contributed by atoms with E-state index in [1.807, 2.05) is 45.0 Å². The fourth-order valence-corrected chi connectivity index (χ4v) is 3.73. The summed E-state index contributed by atoms with van der Waals surface area (Å²) in [5.74, 6) is 0.371. The van der Waals surface area contributed by atoms with Crippen LogP contribution in [0.5, 0.6) is 0 Å². The van der Waals surface area contributed by atoms with Crippen LogP contribution < -0.4 is 10.6 Å². The lowest BCUT2D eigenvalue weighted by Crippen LogP contribution is -2.44. The van der Waals surface area contributed by atoms with Crippen LogP contribution in [0.15, 0.2) is 24.3 Å². The third-order valence-electron chi connectivity index (χ3n) is 5.30. The van der Waals surface area contributed by atoms with E-state index in [1.54, 1.807) is 4.90 Å².